The Bertz CT molecular complexity index is 1060. The van der Waals surface area contributed by atoms with E-state index in [2.05, 4.69) is 13.2 Å². The summed E-state index contributed by atoms with van der Waals surface area (Å²) < 4.78 is 32.9. The molecule has 2 aromatic rings. The number of carbonyl (C=O) groups excluding carboxylic acids is 2. The normalized spacial score (nSPS) is 12.5. The van der Waals surface area contributed by atoms with Crippen LogP contribution in [0.5, 0.6) is 11.5 Å². The van der Waals surface area contributed by atoms with Crippen LogP contribution in [0.15, 0.2) is 54.6 Å². The van der Waals surface area contributed by atoms with Crippen LogP contribution in [0.1, 0.15) is 13.8 Å². The lowest BCUT2D eigenvalue weighted by molar-refractivity contribution is -0.149. The van der Waals surface area contributed by atoms with E-state index in [-0.39, 0.29) is 37.6 Å². The smallest absolute Gasteiger partial charge is 0.333 e. The topological polar surface area (TPSA) is 89.5 Å². The highest BCUT2D eigenvalue weighted by atomic mass is 35.5. The van der Waals surface area contributed by atoms with Crippen LogP contribution in [0.2, 0.25) is 5.02 Å². The number of esters is 2. The van der Waals surface area contributed by atoms with Gasteiger partial charge in [-0.25, -0.2) is 9.59 Å². The lowest BCUT2D eigenvalue weighted by Crippen LogP contribution is -2.30. The molecule has 0 saturated carbocycles. The average Bonchev–Trinajstić information content (AvgIpc) is 2.81. The summed E-state index contributed by atoms with van der Waals surface area (Å²) in [5, 5.41) is 1.72. The van der Waals surface area contributed by atoms with Crippen LogP contribution in [-0.2, 0) is 28.5 Å². The Morgan fingerprint density at radius 3 is 1.80 bits per heavy atom. The summed E-state index contributed by atoms with van der Waals surface area (Å²) in [6.07, 6.45) is -1.30. The third-order valence-electron chi connectivity index (χ3n) is 4.70. The zero-order valence-electron chi connectivity index (χ0n) is 20.4. The lowest BCUT2D eigenvalue weighted by Gasteiger charge is -2.21. The minimum atomic E-state index is -0.659. The number of hydrogen-bond acceptors (Lipinski definition) is 8. The third kappa shape index (κ3) is 8.28. The van der Waals surface area contributed by atoms with E-state index in [0.29, 0.717) is 21.9 Å². The minimum absolute atomic E-state index is 0.0174. The van der Waals surface area contributed by atoms with Crippen molar-refractivity contribution in [2.24, 2.45) is 0 Å². The fourth-order valence-electron chi connectivity index (χ4n) is 3.02. The van der Waals surface area contributed by atoms with E-state index in [0.717, 1.165) is 5.39 Å². The molecule has 0 heterocycles. The second-order valence-electron chi connectivity index (χ2n) is 7.88. The zero-order chi connectivity index (χ0) is 26.0. The molecular formula is C26H31ClO8. The molecule has 35 heavy (non-hydrogen) atoms. The largest absolute Gasteiger partial charge is 0.489 e. The molecule has 2 rings (SSSR count). The summed E-state index contributed by atoms with van der Waals surface area (Å²) in [7, 11) is 3.01. The van der Waals surface area contributed by atoms with Gasteiger partial charge in [-0.3, -0.25) is 0 Å². The van der Waals surface area contributed by atoms with E-state index in [1.54, 1.807) is 19.9 Å². The lowest BCUT2D eigenvalue weighted by atomic mass is 10.1. The Morgan fingerprint density at radius 1 is 0.829 bits per heavy atom. The molecule has 190 valence electrons. The summed E-state index contributed by atoms with van der Waals surface area (Å²) in [5.41, 5.74) is 0.554. The molecule has 0 aliphatic carbocycles. The number of halogens is 1. The molecule has 0 spiro atoms. The van der Waals surface area contributed by atoms with Gasteiger partial charge < -0.3 is 28.4 Å². The molecule has 0 fully saturated rings. The minimum Gasteiger partial charge on any atom is -0.489 e. The van der Waals surface area contributed by atoms with Crippen molar-refractivity contribution in [2.45, 2.75) is 26.1 Å². The zero-order valence-corrected chi connectivity index (χ0v) is 21.2. The van der Waals surface area contributed by atoms with Crippen molar-refractivity contribution in [2.75, 3.05) is 40.6 Å². The van der Waals surface area contributed by atoms with E-state index in [9.17, 15) is 9.59 Å². The predicted octanol–water partition coefficient (Wildman–Crippen LogP) is 4.52. The first-order valence-corrected chi connectivity index (χ1v) is 11.2. The molecule has 2 unspecified atom stereocenters. The highest BCUT2D eigenvalue weighted by Gasteiger charge is 2.21. The molecule has 0 saturated heterocycles. The van der Waals surface area contributed by atoms with Gasteiger partial charge in [-0.15, -0.1) is 0 Å². The first-order valence-electron chi connectivity index (χ1n) is 10.9. The Labute approximate surface area is 210 Å². The molecule has 2 atom stereocenters. The Hall–Kier alpha value is -3.07. The van der Waals surface area contributed by atoms with E-state index < -0.39 is 24.1 Å². The van der Waals surface area contributed by atoms with Gasteiger partial charge in [0.1, 0.15) is 24.7 Å². The third-order valence-corrected chi connectivity index (χ3v) is 4.98. The summed E-state index contributed by atoms with van der Waals surface area (Å²) in [6, 6.07) is 9.00. The fraction of sp³-hybridized carbons (Fsp3) is 0.385. The first kappa shape index (κ1) is 28.2. The molecule has 2 aromatic carbocycles. The molecule has 0 N–H and O–H groups in total. The number of hydrogen-bond donors (Lipinski definition) is 0. The van der Waals surface area contributed by atoms with Crippen LogP contribution in [0.4, 0.5) is 0 Å². The molecule has 0 bridgehead atoms. The summed E-state index contributed by atoms with van der Waals surface area (Å²) in [5.74, 6) is -0.176. The van der Waals surface area contributed by atoms with Crippen molar-refractivity contribution < 1.29 is 38.0 Å². The van der Waals surface area contributed by atoms with Crippen LogP contribution < -0.4 is 9.47 Å². The number of carbonyl (C=O) groups is 2. The standard InChI is InChI=1S/C26H31ClO8/c1-16(2)25(28)34-18(12-30-5)14-32-23-11-22(27)24(21-10-8-7-9-20(21)23)33-15-19(13-31-6)35-26(29)17(3)4/h7-11,18-19H,1,3,12-15H2,2,4-6H3. The fourth-order valence-corrected chi connectivity index (χ4v) is 3.27. The summed E-state index contributed by atoms with van der Waals surface area (Å²) in [6.45, 7) is 10.6. The average molecular weight is 507 g/mol. The highest BCUT2D eigenvalue weighted by molar-refractivity contribution is 6.33. The summed E-state index contributed by atoms with van der Waals surface area (Å²) >= 11 is 6.55. The quantitative estimate of drug-likeness (QED) is 0.273. The number of fused-ring (bicyclic) bond motifs is 1. The van der Waals surface area contributed by atoms with Crippen molar-refractivity contribution in [1.29, 1.82) is 0 Å². The van der Waals surface area contributed by atoms with Gasteiger partial charge in [-0.2, -0.15) is 0 Å². The van der Waals surface area contributed by atoms with Crippen molar-refractivity contribution in [1.82, 2.24) is 0 Å². The SMILES string of the molecule is C=C(C)C(=O)OC(COC)COc1cc(Cl)c(OCC(COC)OC(=O)C(=C)C)c2ccccc12. The van der Waals surface area contributed by atoms with Crippen molar-refractivity contribution >= 4 is 34.3 Å². The molecule has 0 amide bonds. The molecule has 0 aliphatic rings. The van der Waals surface area contributed by atoms with Crippen LogP contribution in [0, 0.1) is 0 Å². The molecule has 8 nitrogen and oxygen atoms in total. The van der Waals surface area contributed by atoms with Crippen molar-refractivity contribution in [3.05, 3.63) is 59.7 Å². The first-order chi connectivity index (χ1) is 16.7. The van der Waals surface area contributed by atoms with Crippen LogP contribution in [-0.4, -0.2) is 64.8 Å². The van der Waals surface area contributed by atoms with Gasteiger partial charge >= 0.3 is 11.9 Å². The van der Waals surface area contributed by atoms with Gasteiger partial charge in [0.2, 0.25) is 0 Å². The van der Waals surface area contributed by atoms with E-state index in [1.807, 2.05) is 24.3 Å². The van der Waals surface area contributed by atoms with Crippen molar-refractivity contribution in [3.8, 4) is 11.5 Å². The van der Waals surface area contributed by atoms with Crippen LogP contribution in [0.3, 0.4) is 0 Å². The second kappa shape index (κ2) is 13.7. The molecular weight excluding hydrogens is 476 g/mol. The van der Waals surface area contributed by atoms with Gasteiger partial charge in [0.05, 0.1) is 18.2 Å². The number of benzene rings is 2. The van der Waals surface area contributed by atoms with E-state index in [1.165, 1.54) is 14.2 Å². The number of ether oxygens (including phenoxy) is 6. The van der Waals surface area contributed by atoms with Gasteiger partial charge in [-0.1, -0.05) is 49.0 Å². The van der Waals surface area contributed by atoms with Gasteiger partial charge in [0.15, 0.2) is 12.2 Å². The summed E-state index contributed by atoms with van der Waals surface area (Å²) in [4.78, 5) is 23.8. The second-order valence-corrected chi connectivity index (χ2v) is 8.29. The van der Waals surface area contributed by atoms with Gasteiger partial charge in [0, 0.05) is 42.2 Å². The van der Waals surface area contributed by atoms with Gasteiger partial charge in [-0.05, 0) is 13.8 Å². The molecule has 9 heteroatoms. The predicted molar refractivity (Wildman–Crippen MR) is 133 cm³/mol. The Kier molecular flexibility index (Phi) is 11.0. The number of methoxy groups -OCH3 is 2. The van der Waals surface area contributed by atoms with Crippen molar-refractivity contribution in [3.63, 3.8) is 0 Å². The Balaban J connectivity index is 2.24. The monoisotopic (exact) mass is 506 g/mol. The molecule has 0 radical (unpaired) electrons. The van der Waals surface area contributed by atoms with Gasteiger partial charge in [0.25, 0.3) is 0 Å². The molecule has 0 aliphatic heterocycles. The van der Waals surface area contributed by atoms with E-state index >= 15 is 0 Å². The maximum Gasteiger partial charge on any atom is 0.333 e. The maximum atomic E-state index is 11.9. The van der Waals surface area contributed by atoms with Crippen LogP contribution in [0.25, 0.3) is 10.8 Å². The highest BCUT2D eigenvalue weighted by Crippen LogP contribution is 2.40. The Morgan fingerprint density at radius 2 is 1.31 bits per heavy atom. The maximum absolute atomic E-state index is 11.9. The van der Waals surface area contributed by atoms with Crippen LogP contribution >= 0.6 is 11.6 Å². The van der Waals surface area contributed by atoms with E-state index in [4.69, 9.17) is 40.0 Å². The number of rotatable bonds is 14. The molecule has 0 aromatic heterocycles.